The Kier molecular flexibility index (Phi) is 2.02. The van der Waals surface area contributed by atoms with Crippen LogP contribution in [0.4, 0.5) is 5.82 Å². The van der Waals surface area contributed by atoms with Gasteiger partial charge in [-0.25, -0.2) is 5.10 Å². The second-order valence-electron chi connectivity index (χ2n) is 3.27. The number of rotatable bonds is 1. The maximum Gasteiger partial charge on any atom is 0.264 e. The molecule has 3 N–H and O–H groups in total. The van der Waals surface area contributed by atoms with Gasteiger partial charge in [-0.15, -0.1) is 0 Å². The topological polar surface area (TPSA) is 75.0 Å². The number of aromatic nitrogens is 2. The lowest BCUT2D eigenvalue weighted by molar-refractivity contribution is 0.750. The van der Waals surface area contributed by atoms with Crippen LogP contribution in [-0.4, -0.2) is 29.3 Å². The zero-order chi connectivity index (χ0) is 9.26. The Morgan fingerprint density at radius 2 is 2.46 bits per heavy atom. The fraction of sp³-hybridized carbons (Fsp3) is 0.500. The molecule has 1 saturated heterocycles. The Hall–Kier alpha value is -1.36. The molecule has 0 aromatic carbocycles. The van der Waals surface area contributed by atoms with Crippen molar-refractivity contribution in [1.29, 1.82) is 0 Å². The van der Waals surface area contributed by atoms with E-state index in [0.717, 1.165) is 25.3 Å². The molecule has 1 unspecified atom stereocenters. The Labute approximate surface area is 75.6 Å². The molecule has 2 rings (SSSR count). The fourth-order valence-electron chi connectivity index (χ4n) is 1.51. The first-order chi connectivity index (χ1) is 6.25. The van der Waals surface area contributed by atoms with E-state index in [4.69, 9.17) is 5.73 Å². The number of nitrogens with two attached hydrogens (primary N) is 1. The normalized spacial score (nSPS) is 22.2. The van der Waals surface area contributed by atoms with E-state index >= 15 is 0 Å². The molecule has 0 saturated carbocycles. The Balaban J connectivity index is 2.17. The van der Waals surface area contributed by atoms with Gasteiger partial charge in [0.15, 0.2) is 0 Å². The van der Waals surface area contributed by atoms with E-state index in [0.29, 0.717) is 0 Å². The third kappa shape index (κ3) is 1.70. The molecule has 0 aliphatic carbocycles. The van der Waals surface area contributed by atoms with Gasteiger partial charge in [0, 0.05) is 25.2 Å². The molecule has 2 heterocycles. The smallest absolute Gasteiger partial charge is 0.264 e. The van der Waals surface area contributed by atoms with Crippen LogP contribution in [0.25, 0.3) is 0 Å². The van der Waals surface area contributed by atoms with Gasteiger partial charge in [-0.2, -0.15) is 5.10 Å². The standard InChI is InChI=1S/C8H12N4O/c9-6-3-4-12(5-6)7-1-2-8(13)11-10-7/h1-2,6H,3-5,9H2,(H,11,13). The van der Waals surface area contributed by atoms with E-state index in [1.165, 1.54) is 6.07 Å². The zero-order valence-corrected chi connectivity index (χ0v) is 7.23. The lowest BCUT2D eigenvalue weighted by Crippen LogP contribution is -2.27. The monoisotopic (exact) mass is 180 g/mol. The maximum atomic E-state index is 10.7. The summed E-state index contributed by atoms with van der Waals surface area (Å²) in [6.45, 7) is 1.74. The number of hydrogen-bond acceptors (Lipinski definition) is 4. The van der Waals surface area contributed by atoms with Gasteiger partial charge in [-0.05, 0) is 12.5 Å². The first-order valence-corrected chi connectivity index (χ1v) is 4.32. The minimum Gasteiger partial charge on any atom is -0.354 e. The number of aromatic amines is 1. The second-order valence-corrected chi connectivity index (χ2v) is 3.27. The van der Waals surface area contributed by atoms with Gasteiger partial charge in [0.1, 0.15) is 5.82 Å². The lowest BCUT2D eigenvalue weighted by atomic mass is 10.3. The summed E-state index contributed by atoms with van der Waals surface area (Å²) in [5.41, 5.74) is 5.58. The maximum absolute atomic E-state index is 10.7. The molecular weight excluding hydrogens is 168 g/mol. The van der Waals surface area contributed by atoms with Crippen molar-refractivity contribution in [2.24, 2.45) is 5.73 Å². The SMILES string of the molecule is NC1CCN(c2ccc(=O)[nH]n2)C1. The van der Waals surface area contributed by atoms with Gasteiger partial charge in [0.2, 0.25) is 0 Å². The molecule has 1 aliphatic rings. The van der Waals surface area contributed by atoms with E-state index in [9.17, 15) is 4.79 Å². The average molecular weight is 180 g/mol. The Bertz CT molecular complexity index is 328. The molecule has 0 radical (unpaired) electrons. The fourth-order valence-corrected chi connectivity index (χ4v) is 1.51. The van der Waals surface area contributed by atoms with Crippen LogP contribution in [0, 0.1) is 0 Å². The molecule has 13 heavy (non-hydrogen) atoms. The Morgan fingerprint density at radius 1 is 1.62 bits per heavy atom. The molecule has 5 nitrogen and oxygen atoms in total. The van der Waals surface area contributed by atoms with Crippen LogP contribution in [-0.2, 0) is 0 Å². The van der Waals surface area contributed by atoms with Crippen LogP contribution < -0.4 is 16.2 Å². The summed E-state index contributed by atoms with van der Waals surface area (Å²) in [4.78, 5) is 12.8. The van der Waals surface area contributed by atoms with Crippen molar-refractivity contribution >= 4 is 5.82 Å². The van der Waals surface area contributed by atoms with Gasteiger partial charge in [-0.3, -0.25) is 4.79 Å². The van der Waals surface area contributed by atoms with Crippen molar-refractivity contribution in [3.05, 3.63) is 22.5 Å². The van der Waals surface area contributed by atoms with Gasteiger partial charge >= 0.3 is 0 Å². The molecule has 70 valence electrons. The number of hydrogen-bond donors (Lipinski definition) is 2. The summed E-state index contributed by atoms with van der Waals surface area (Å²) in [7, 11) is 0. The molecule has 0 amide bonds. The summed E-state index contributed by atoms with van der Waals surface area (Å²) in [6.07, 6.45) is 0.987. The summed E-state index contributed by atoms with van der Waals surface area (Å²) in [5.74, 6) is 0.799. The van der Waals surface area contributed by atoms with Crippen molar-refractivity contribution in [1.82, 2.24) is 10.2 Å². The predicted molar refractivity (Wildman–Crippen MR) is 49.7 cm³/mol. The van der Waals surface area contributed by atoms with Gasteiger partial charge in [-0.1, -0.05) is 0 Å². The molecule has 5 heteroatoms. The summed E-state index contributed by atoms with van der Waals surface area (Å²) < 4.78 is 0. The number of nitrogens with one attached hydrogen (secondary N) is 1. The van der Waals surface area contributed by atoms with E-state index in [-0.39, 0.29) is 11.6 Å². The molecular formula is C8H12N4O. The van der Waals surface area contributed by atoms with Gasteiger partial charge in [0.25, 0.3) is 5.56 Å². The highest BCUT2D eigenvalue weighted by molar-refractivity contribution is 5.37. The summed E-state index contributed by atoms with van der Waals surface area (Å²) >= 11 is 0. The van der Waals surface area contributed by atoms with E-state index < -0.39 is 0 Å². The second kappa shape index (κ2) is 3.18. The quantitative estimate of drug-likeness (QED) is 0.599. The zero-order valence-electron chi connectivity index (χ0n) is 7.23. The predicted octanol–water partition coefficient (Wildman–Crippen LogP) is -0.693. The van der Waals surface area contributed by atoms with Crippen molar-refractivity contribution in [3.8, 4) is 0 Å². The number of anilines is 1. The van der Waals surface area contributed by atoms with Crippen molar-refractivity contribution < 1.29 is 0 Å². The molecule has 0 bridgehead atoms. The number of nitrogens with zero attached hydrogens (tertiary/aromatic N) is 2. The highest BCUT2D eigenvalue weighted by Gasteiger charge is 2.19. The minimum atomic E-state index is -0.174. The van der Waals surface area contributed by atoms with Crippen molar-refractivity contribution in [2.45, 2.75) is 12.5 Å². The molecule has 1 fully saturated rings. The third-order valence-corrected chi connectivity index (χ3v) is 2.21. The number of H-pyrrole nitrogens is 1. The molecule has 1 atom stereocenters. The van der Waals surface area contributed by atoms with Crippen molar-refractivity contribution in [3.63, 3.8) is 0 Å². The van der Waals surface area contributed by atoms with Crippen LogP contribution in [0.5, 0.6) is 0 Å². The summed E-state index contributed by atoms with van der Waals surface area (Å²) in [6, 6.07) is 3.43. The molecule has 0 spiro atoms. The highest BCUT2D eigenvalue weighted by Crippen LogP contribution is 2.14. The molecule has 1 aromatic rings. The van der Waals surface area contributed by atoms with Crippen LogP contribution in [0.2, 0.25) is 0 Å². The first-order valence-electron chi connectivity index (χ1n) is 4.32. The van der Waals surface area contributed by atoms with Crippen molar-refractivity contribution in [2.75, 3.05) is 18.0 Å². The minimum absolute atomic E-state index is 0.174. The lowest BCUT2D eigenvalue weighted by Gasteiger charge is -2.15. The highest BCUT2D eigenvalue weighted by atomic mass is 16.1. The van der Waals surface area contributed by atoms with Crippen LogP contribution in [0.15, 0.2) is 16.9 Å². The van der Waals surface area contributed by atoms with Crippen LogP contribution in [0.3, 0.4) is 0 Å². The van der Waals surface area contributed by atoms with E-state index in [1.54, 1.807) is 6.07 Å². The third-order valence-electron chi connectivity index (χ3n) is 2.21. The summed E-state index contributed by atoms with van der Waals surface area (Å²) in [5, 5.41) is 6.33. The van der Waals surface area contributed by atoms with E-state index in [1.807, 2.05) is 0 Å². The van der Waals surface area contributed by atoms with Crippen LogP contribution in [0.1, 0.15) is 6.42 Å². The first kappa shape index (κ1) is 8.25. The van der Waals surface area contributed by atoms with Crippen LogP contribution >= 0.6 is 0 Å². The average Bonchev–Trinajstić information content (AvgIpc) is 2.53. The van der Waals surface area contributed by atoms with Gasteiger partial charge in [0.05, 0.1) is 0 Å². The largest absolute Gasteiger partial charge is 0.354 e. The van der Waals surface area contributed by atoms with Gasteiger partial charge < -0.3 is 10.6 Å². The molecule has 1 aliphatic heterocycles. The van der Waals surface area contributed by atoms with E-state index in [2.05, 4.69) is 15.1 Å². The molecule has 1 aromatic heterocycles. The Morgan fingerprint density at radius 3 is 3.00 bits per heavy atom.